The Kier molecular flexibility index (Phi) is 6.27. The van der Waals surface area contributed by atoms with Crippen molar-refractivity contribution >= 4 is 5.91 Å². The monoisotopic (exact) mass is 369 g/mol. The van der Waals surface area contributed by atoms with E-state index in [4.69, 9.17) is 9.47 Å². The summed E-state index contributed by atoms with van der Waals surface area (Å²) >= 11 is 0. The maximum Gasteiger partial charge on any atom is 0.260 e. The molecule has 27 heavy (non-hydrogen) atoms. The fraction of sp³-hybridized carbons (Fsp3) is 0.476. The minimum absolute atomic E-state index is 0.0132. The molecule has 1 saturated heterocycles. The number of nitrogens with zero attached hydrogens (tertiary/aromatic N) is 3. The zero-order chi connectivity index (χ0) is 19.2. The second-order valence-electron chi connectivity index (χ2n) is 7.15. The number of aromatic nitrogens is 2. The van der Waals surface area contributed by atoms with Gasteiger partial charge in [-0.1, -0.05) is 26.0 Å². The second kappa shape index (κ2) is 8.84. The molecule has 0 saturated carbocycles. The smallest absolute Gasteiger partial charge is 0.260 e. The first-order valence-electron chi connectivity index (χ1n) is 9.48. The molecule has 144 valence electrons. The van der Waals surface area contributed by atoms with Crippen LogP contribution in [0.1, 0.15) is 44.0 Å². The average Bonchev–Trinajstić information content (AvgIpc) is 2.67. The molecule has 0 atom stereocenters. The van der Waals surface area contributed by atoms with Crippen molar-refractivity contribution in [2.75, 3.05) is 19.7 Å². The fourth-order valence-corrected chi connectivity index (χ4v) is 3.08. The Morgan fingerprint density at radius 3 is 2.52 bits per heavy atom. The number of hydrogen-bond donors (Lipinski definition) is 0. The van der Waals surface area contributed by atoms with Crippen LogP contribution >= 0.6 is 0 Å². The molecule has 1 aliphatic heterocycles. The van der Waals surface area contributed by atoms with Gasteiger partial charge in [-0.15, -0.1) is 0 Å². The van der Waals surface area contributed by atoms with Crippen LogP contribution < -0.4 is 9.47 Å². The summed E-state index contributed by atoms with van der Waals surface area (Å²) < 4.78 is 11.6. The van der Waals surface area contributed by atoms with E-state index in [1.807, 2.05) is 36.1 Å². The van der Waals surface area contributed by atoms with Crippen molar-refractivity contribution in [1.82, 2.24) is 14.9 Å². The van der Waals surface area contributed by atoms with Gasteiger partial charge in [0.15, 0.2) is 6.61 Å². The maximum absolute atomic E-state index is 12.4. The number of hydrogen-bond acceptors (Lipinski definition) is 5. The minimum Gasteiger partial charge on any atom is -0.484 e. The molecular weight excluding hydrogens is 342 g/mol. The van der Waals surface area contributed by atoms with E-state index in [0.29, 0.717) is 30.7 Å². The van der Waals surface area contributed by atoms with Crippen molar-refractivity contribution in [1.29, 1.82) is 0 Å². The van der Waals surface area contributed by atoms with Gasteiger partial charge in [0.25, 0.3) is 5.91 Å². The van der Waals surface area contributed by atoms with Gasteiger partial charge >= 0.3 is 0 Å². The molecule has 1 fully saturated rings. The predicted molar refractivity (Wildman–Crippen MR) is 103 cm³/mol. The van der Waals surface area contributed by atoms with Crippen LogP contribution in [0.3, 0.4) is 0 Å². The van der Waals surface area contributed by atoms with E-state index >= 15 is 0 Å². The zero-order valence-electron chi connectivity index (χ0n) is 16.2. The van der Waals surface area contributed by atoms with Crippen LogP contribution in [0.2, 0.25) is 0 Å². The molecule has 2 heterocycles. The summed E-state index contributed by atoms with van der Waals surface area (Å²) in [5.74, 6) is 2.51. The van der Waals surface area contributed by atoms with Crippen LogP contribution in [0.15, 0.2) is 36.5 Å². The van der Waals surface area contributed by atoms with E-state index < -0.39 is 0 Å². The first-order chi connectivity index (χ1) is 13.0. The topological polar surface area (TPSA) is 64.5 Å². The molecule has 3 rings (SSSR count). The Hall–Kier alpha value is -2.63. The van der Waals surface area contributed by atoms with Crippen LogP contribution in [0.4, 0.5) is 0 Å². The van der Waals surface area contributed by atoms with Crippen LogP contribution in [0.25, 0.3) is 0 Å². The van der Waals surface area contributed by atoms with E-state index in [-0.39, 0.29) is 18.6 Å². The standard InChI is InChI=1S/C21H27N3O3/c1-15(2)17-4-6-18(7-5-17)26-14-21(25)24-12-9-19(10-13-24)27-20-8-11-22-16(3)23-20/h4-8,11,15,19H,9-10,12-14H2,1-3H3. The SMILES string of the molecule is Cc1nccc(OC2CCN(C(=O)COc3ccc(C(C)C)cc3)CC2)n1. The van der Waals surface area contributed by atoms with E-state index in [0.717, 1.165) is 18.6 Å². The summed E-state index contributed by atoms with van der Waals surface area (Å²) in [6.07, 6.45) is 3.35. The minimum atomic E-state index is 0.0132. The third-order valence-electron chi connectivity index (χ3n) is 4.74. The molecule has 0 aliphatic carbocycles. The van der Waals surface area contributed by atoms with Crippen molar-refractivity contribution in [3.05, 3.63) is 47.9 Å². The highest BCUT2D eigenvalue weighted by molar-refractivity contribution is 5.77. The highest BCUT2D eigenvalue weighted by Crippen LogP contribution is 2.20. The first kappa shape index (κ1) is 19.1. The first-order valence-corrected chi connectivity index (χ1v) is 9.48. The molecule has 0 spiro atoms. The van der Waals surface area contributed by atoms with Gasteiger partial charge in [0.2, 0.25) is 5.88 Å². The summed E-state index contributed by atoms with van der Waals surface area (Å²) in [6.45, 7) is 7.55. The molecule has 6 heteroatoms. The Balaban J connectivity index is 1.43. The summed E-state index contributed by atoms with van der Waals surface area (Å²) in [7, 11) is 0. The predicted octanol–water partition coefficient (Wildman–Crippen LogP) is 3.36. The molecule has 1 aromatic heterocycles. The summed E-state index contributed by atoms with van der Waals surface area (Å²) in [4.78, 5) is 22.6. The normalized spacial score (nSPS) is 15.0. The van der Waals surface area contributed by atoms with Crippen molar-refractivity contribution in [2.24, 2.45) is 0 Å². The van der Waals surface area contributed by atoms with E-state index in [1.165, 1.54) is 5.56 Å². The second-order valence-corrected chi connectivity index (χ2v) is 7.15. The van der Waals surface area contributed by atoms with Crippen LogP contribution in [-0.4, -0.2) is 46.6 Å². The Morgan fingerprint density at radius 2 is 1.89 bits per heavy atom. The van der Waals surface area contributed by atoms with Crippen LogP contribution in [0.5, 0.6) is 11.6 Å². The maximum atomic E-state index is 12.4. The fourth-order valence-electron chi connectivity index (χ4n) is 3.08. The molecule has 0 unspecified atom stereocenters. The molecule has 1 aliphatic rings. The van der Waals surface area contributed by atoms with Crippen molar-refractivity contribution in [3.63, 3.8) is 0 Å². The van der Waals surface area contributed by atoms with Gasteiger partial charge in [-0.3, -0.25) is 4.79 Å². The quantitative estimate of drug-likeness (QED) is 0.781. The van der Waals surface area contributed by atoms with Crippen LogP contribution in [0, 0.1) is 6.92 Å². The van der Waals surface area contributed by atoms with Gasteiger partial charge in [-0.05, 0) is 30.5 Å². The highest BCUT2D eigenvalue weighted by atomic mass is 16.5. The summed E-state index contributed by atoms with van der Waals surface area (Å²) in [5, 5.41) is 0. The zero-order valence-corrected chi connectivity index (χ0v) is 16.2. The number of piperidine rings is 1. The van der Waals surface area contributed by atoms with E-state index in [2.05, 4.69) is 23.8 Å². The number of likely N-dealkylation sites (tertiary alicyclic amines) is 1. The Morgan fingerprint density at radius 1 is 1.19 bits per heavy atom. The van der Waals surface area contributed by atoms with Gasteiger partial charge in [0, 0.05) is 38.2 Å². The number of benzene rings is 1. The van der Waals surface area contributed by atoms with Gasteiger partial charge in [0.1, 0.15) is 17.7 Å². The lowest BCUT2D eigenvalue weighted by Gasteiger charge is -2.31. The Labute approximate surface area is 160 Å². The lowest BCUT2D eigenvalue weighted by Crippen LogP contribution is -2.43. The number of amides is 1. The largest absolute Gasteiger partial charge is 0.484 e. The van der Waals surface area contributed by atoms with Crippen molar-refractivity contribution in [3.8, 4) is 11.6 Å². The molecule has 1 aromatic carbocycles. The molecule has 0 N–H and O–H groups in total. The van der Waals surface area contributed by atoms with E-state index in [1.54, 1.807) is 12.3 Å². The Bertz CT molecular complexity index is 754. The van der Waals surface area contributed by atoms with Gasteiger partial charge in [0.05, 0.1) is 0 Å². The van der Waals surface area contributed by atoms with Gasteiger partial charge in [-0.25, -0.2) is 4.98 Å². The summed E-state index contributed by atoms with van der Waals surface area (Å²) in [6, 6.07) is 9.70. The van der Waals surface area contributed by atoms with Crippen LogP contribution in [-0.2, 0) is 4.79 Å². The number of carbonyl (C=O) groups is 1. The third-order valence-corrected chi connectivity index (χ3v) is 4.74. The van der Waals surface area contributed by atoms with Gasteiger partial charge < -0.3 is 14.4 Å². The van der Waals surface area contributed by atoms with E-state index in [9.17, 15) is 4.79 Å². The van der Waals surface area contributed by atoms with Crippen molar-refractivity contribution in [2.45, 2.75) is 45.6 Å². The highest BCUT2D eigenvalue weighted by Gasteiger charge is 2.24. The lowest BCUT2D eigenvalue weighted by molar-refractivity contribution is -0.135. The number of ether oxygens (including phenoxy) is 2. The van der Waals surface area contributed by atoms with Crippen molar-refractivity contribution < 1.29 is 14.3 Å². The average molecular weight is 369 g/mol. The lowest BCUT2D eigenvalue weighted by atomic mass is 10.0. The molecule has 0 radical (unpaired) electrons. The molecule has 0 bridgehead atoms. The summed E-state index contributed by atoms with van der Waals surface area (Å²) in [5.41, 5.74) is 1.26. The number of carbonyl (C=O) groups excluding carboxylic acids is 1. The number of rotatable bonds is 6. The number of aryl methyl sites for hydroxylation is 1. The third kappa shape index (κ3) is 5.42. The molecule has 1 amide bonds. The molecular formula is C21H27N3O3. The molecule has 6 nitrogen and oxygen atoms in total. The van der Waals surface area contributed by atoms with Gasteiger partial charge in [-0.2, -0.15) is 4.98 Å². The molecule has 2 aromatic rings.